The van der Waals surface area contributed by atoms with Crippen LogP contribution in [0, 0.1) is 17.1 Å². The van der Waals surface area contributed by atoms with E-state index in [2.05, 4.69) is 11.0 Å². The van der Waals surface area contributed by atoms with Gasteiger partial charge in [0.05, 0.1) is 24.3 Å². The number of hydrogen-bond donors (Lipinski definition) is 0. The molecule has 1 fully saturated rings. The number of rotatable bonds is 5. The molecule has 0 unspecified atom stereocenters. The fourth-order valence-electron chi connectivity index (χ4n) is 2.68. The molecule has 2 rings (SSSR count). The van der Waals surface area contributed by atoms with Gasteiger partial charge in [-0.25, -0.2) is 4.39 Å². The third-order valence-corrected chi connectivity index (χ3v) is 3.75. The lowest BCUT2D eigenvalue weighted by molar-refractivity contribution is 0.106. The summed E-state index contributed by atoms with van der Waals surface area (Å²) >= 11 is 0. The normalized spacial score (nSPS) is 22.9. The zero-order chi connectivity index (χ0) is 14.5. The van der Waals surface area contributed by atoms with Crippen LogP contribution in [0.15, 0.2) is 18.2 Å². The number of methoxy groups -OCH3 is 2. The summed E-state index contributed by atoms with van der Waals surface area (Å²) in [5, 5.41) is 9.10. The van der Waals surface area contributed by atoms with E-state index in [4.69, 9.17) is 14.7 Å². The lowest BCUT2D eigenvalue weighted by Crippen LogP contribution is -2.32. The fraction of sp³-hybridized carbons (Fsp3) is 0.533. The Kier molecular flexibility index (Phi) is 5.07. The van der Waals surface area contributed by atoms with Crippen molar-refractivity contribution in [1.29, 1.82) is 5.26 Å². The van der Waals surface area contributed by atoms with Crippen LogP contribution < -0.4 is 0 Å². The standard InChI is InChI=1S/C15H19FN2O2/c1-19-10-14-6-15(20-2)9-18(14)8-11-3-4-13(16)5-12(11)7-17/h3-5,14-15H,6,8-10H2,1-2H3/t14-,15+/m0/s1. The molecule has 1 aliphatic heterocycles. The van der Waals surface area contributed by atoms with Gasteiger partial charge in [-0.3, -0.25) is 4.90 Å². The van der Waals surface area contributed by atoms with Gasteiger partial charge in [0.15, 0.2) is 0 Å². The van der Waals surface area contributed by atoms with Crippen molar-refractivity contribution in [3.05, 3.63) is 35.1 Å². The summed E-state index contributed by atoms with van der Waals surface area (Å²) in [6.45, 7) is 2.03. The molecule has 0 bridgehead atoms. The molecule has 0 aromatic heterocycles. The molecule has 2 atom stereocenters. The highest BCUT2D eigenvalue weighted by molar-refractivity contribution is 5.38. The van der Waals surface area contributed by atoms with Gasteiger partial charge in [0.1, 0.15) is 5.82 Å². The van der Waals surface area contributed by atoms with Crippen LogP contribution in [-0.4, -0.2) is 44.4 Å². The second-order valence-electron chi connectivity index (χ2n) is 5.05. The van der Waals surface area contributed by atoms with E-state index >= 15 is 0 Å². The zero-order valence-electron chi connectivity index (χ0n) is 11.8. The van der Waals surface area contributed by atoms with Crippen molar-refractivity contribution in [3.8, 4) is 6.07 Å². The molecule has 0 radical (unpaired) electrons. The Bertz CT molecular complexity index is 501. The van der Waals surface area contributed by atoms with E-state index in [-0.39, 0.29) is 18.0 Å². The predicted molar refractivity (Wildman–Crippen MR) is 72.6 cm³/mol. The summed E-state index contributed by atoms with van der Waals surface area (Å²) in [7, 11) is 3.38. The van der Waals surface area contributed by atoms with Gasteiger partial charge >= 0.3 is 0 Å². The van der Waals surface area contributed by atoms with Crippen molar-refractivity contribution in [2.24, 2.45) is 0 Å². The van der Waals surface area contributed by atoms with Crippen molar-refractivity contribution in [3.63, 3.8) is 0 Å². The Balaban J connectivity index is 2.14. The van der Waals surface area contributed by atoms with Crippen molar-refractivity contribution >= 4 is 0 Å². The van der Waals surface area contributed by atoms with Crippen molar-refractivity contribution < 1.29 is 13.9 Å². The first-order valence-corrected chi connectivity index (χ1v) is 6.62. The van der Waals surface area contributed by atoms with Gasteiger partial charge in [-0.15, -0.1) is 0 Å². The largest absolute Gasteiger partial charge is 0.383 e. The first-order chi connectivity index (χ1) is 9.67. The van der Waals surface area contributed by atoms with E-state index in [1.54, 1.807) is 20.3 Å². The maximum absolute atomic E-state index is 13.2. The van der Waals surface area contributed by atoms with Gasteiger partial charge in [-0.2, -0.15) is 5.26 Å². The Labute approximate surface area is 118 Å². The second kappa shape index (κ2) is 6.80. The van der Waals surface area contributed by atoms with Crippen LogP contribution in [0.4, 0.5) is 4.39 Å². The van der Waals surface area contributed by atoms with E-state index in [0.717, 1.165) is 18.5 Å². The molecule has 1 heterocycles. The van der Waals surface area contributed by atoms with Gasteiger partial charge in [0, 0.05) is 33.4 Å². The number of likely N-dealkylation sites (tertiary alicyclic amines) is 1. The summed E-state index contributed by atoms with van der Waals surface area (Å²) < 4.78 is 23.8. The van der Waals surface area contributed by atoms with Gasteiger partial charge in [0.2, 0.25) is 0 Å². The van der Waals surface area contributed by atoms with Crippen LogP contribution in [0.5, 0.6) is 0 Å². The summed E-state index contributed by atoms with van der Waals surface area (Å²) in [5.41, 5.74) is 1.23. The van der Waals surface area contributed by atoms with Gasteiger partial charge in [-0.1, -0.05) is 6.07 Å². The molecule has 0 aliphatic carbocycles. The summed E-state index contributed by atoms with van der Waals surface area (Å²) in [5.74, 6) is -0.380. The smallest absolute Gasteiger partial charge is 0.124 e. The Hall–Kier alpha value is -1.48. The van der Waals surface area contributed by atoms with E-state index < -0.39 is 0 Å². The molecule has 108 valence electrons. The molecule has 0 amide bonds. The lowest BCUT2D eigenvalue weighted by atomic mass is 10.1. The first-order valence-electron chi connectivity index (χ1n) is 6.62. The quantitative estimate of drug-likeness (QED) is 0.825. The van der Waals surface area contributed by atoms with Crippen LogP contribution >= 0.6 is 0 Å². The van der Waals surface area contributed by atoms with Crippen LogP contribution in [0.25, 0.3) is 0 Å². The minimum Gasteiger partial charge on any atom is -0.383 e. The summed E-state index contributed by atoms with van der Waals surface area (Å²) in [4.78, 5) is 2.23. The molecule has 0 spiro atoms. The van der Waals surface area contributed by atoms with Crippen molar-refractivity contribution in [1.82, 2.24) is 4.90 Å². The van der Waals surface area contributed by atoms with Crippen molar-refractivity contribution in [2.75, 3.05) is 27.4 Å². The van der Waals surface area contributed by atoms with E-state index in [0.29, 0.717) is 18.7 Å². The predicted octanol–water partition coefficient (Wildman–Crippen LogP) is 1.93. The van der Waals surface area contributed by atoms with E-state index in [1.165, 1.54) is 12.1 Å². The minimum absolute atomic E-state index is 0.182. The fourth-order valence-corrected chi connectivity index (χ4v) is 2.68. The second-order valence-corrected chi connectivity index (χ2v) is 5.05. The Morgan fingerprint density at radius 2 is 2.25 bits per heavy atom. The number of nitrogens with zero attached hydrogens (tertiary/aromatic N) is 2. The molecule has 1 saturated heterocycles. The van der Waals surface area contributed by atoms with Crippen LogP contribution in [0.3, 0.4) is 0 Å². The molecule has 20 heavy (non-hydrogen) atoms. The molecule has 1 aromatic carbocycles. The van der Waals surface area contributed by atoms with Gasteiger partial charge in [0.25, 0.3) is 0 Å². The molecule has 0 N–H and O–H groups in total. The summed E-state index contributed by atoms with van der Waals surface area (Å²) in [6.07, 6.45) is 1.09. The van der Waals surface area contributed by atoms with E-state index in [9.17, 15) is 4.39 Å². The van der Waals surface area contributed by atoms with Crippen LogP contribution in [0.1, 0.15) is 17.5 Å². The number of nitriles is 1. The maximum Gasteiger partial charge on any atom is 0.124 e. The maximum atomic E-state index is 13.2. The third-order valence-electron chi connectivity index (χ3n) is 3.75. The molecule has 1 aliphatic rings. The molecule has 1 aromatic rings. The lowest BCUT2D eigenvalue weighted by Gasteiger charge is -2.23. The van der Waals surface area contributed by atoms with E-state index in [1.807, 2.05) is 0 Å². The van der Waals surface area contributed by atoms with Crippen LogP contribution in [-0.2, 0) is 16.0 Å². The first kappa shape index (κ1) is 14.9. The minimum atomic E-state index is -0.380. The average molecular weight is 278 g/mol. The number of benzene rings is 1. The number of hydrogen-bond acceptors (Lipinski definition) is 4. The molecule has 5 heteroatoms. The highest BCUT2D eigenvalue weighted by Gasteiger charge is 2.32. The molecular weight excluding hydrogens is 259 g/mol. The summed E-state index contributed by atoms with van der Waals surface area (Å²) in [6, 6.07) is 6.67. The monoisotopic (exact) mass is 278 g/mol. The number of ether oxygens (including phenoxy) is 2. The SMILES string of the molecule is COC[C@@H]1C[C@@H](OC)CN1Cc1ccc(F)cc1C#N. The third kappa shape index (κ3) is 3.34. The van der Waals surface area contributed by atoms with Gasteiger partial charge < -0.3 is 9.47 Å². The molecule has 0 saturated carbocycles. The topological polar surface area (TPSA) is 45.5 Å². The number of halogens is 1. The molecular formula is C15H19FN2O2. The zero-order valence-corrected chi connectivity index (χ0v) is 11.8. The highest BCUT2D eigenvalue weighted by atomic mass is 19.1. The molecule has 4 nitrogen and oxygen atoms in total. The van der Waals surface area contributed by atoms with Gasteiger partial charge in [-0.05, 0) is 24.1 Å². The Morgan fingerprint density at radius 3 is 2.90 bits per heavy atom. The van der Waals surface area contributed by atoms with Crippen LogP contribution in [0.2, 0.25) is 0 Å². The van der Waals surface area contributed by atoms with Crippen molar-refractivity contribution in [2.45, 2.75) is 25.1 Å². The highest BCUT2D eigenvalue weighted by Crippen LogP contribution is 2.24. The average Bonchev–Trinajstić information content (AvgIpc) is 2.83. The Morgan fingerprint density at radius 1 is 1.45 bits per heavy atom.